The van der Waals surface area contributed by atoms with Gasteiger partial charge in [0.15, 0.2) is 11.5 Å². The molecule has 2 N–H and O–H groups in total. The largest absolute Gasteiger partial charge is 0.493 e. The molecule has 0 aliphatic heterocycles. The predicted molar refractivity (Wildman–Crippen MR) is 75.5 cm³/mol. The smallest absolute Gasteiger partial charge is 0.211 e. The number of nitrogens with two attached hydrogens (primary N) is 1. The molecule has 100 valence electrons. The number of hydrogen-bond acceptors (Lipinski definition) is 4. The van der Waals surface area contributed by atoms with Gasteiger partial charge in [-0.1, -0.05) is 17.7 Å². The molecule has 0 unspecified atom stereocenters. The first-order valence-corrected chi connectivity index (χ1v) is 5.97. The van der Waals surface area contributed by atoms with Crippen LogP contribution in [0.5, 0.6) is 23.0 Å². The maximum absolute atomic E-state index is 6.08. The van der Waals surface area contributed by atoms with Gasteiger partial charge in [0, 0.05) is 5.69 Å². The maximum Gasteiger partial charge on any atom is 0.211 e. The number of para-hydroxylation sites is 1. The van der Waals surface area contributed by atoms with Crippen LogP contribution in [0.3, 0.4) is 0 Å². The van der Waals surface area contributed by atoms with Crippen molar-refractivity contribution in [1.82, 2.24) is 0 Å². The molecule has 2 rings (SSSR count). The molecule has 5 heteroatoms. The first kappa shape index (κ1) is 13.4. The second kappa shape index (κ2) is 5.71. The summed E-state index contributed by atoms with van der Waals surface area (Å²) in [6.07, 6.45) is 0. The minimum atomic E-state index is 0.424. The summed E-state index contributed by atoms with van der Waals surface area (Å²) in [4.78, 5) is 0. The minimum Gasteiger partial charge on any atom is -0.493 e. The van der Waals surface area contributed by atoms with Crippen molar-refractivity contribution in [3.63, 3.8) is 0 Å². The van der Waals surface area contributed by atoms with E-state index in [1.165, 1.54) is 0 Å². The molecule has 2 aromatic rings. The highest BCUT2D eigenvalue weighted by Gasteiger charge is 2.14. The van der Waals surface area contributed by atoms with Gasteiger partial charge in [-0.05, 0) is 30.3 Å². The number of anilines is 1. The molecule has 0 spiro atoms. The number of halogens is 1. The van der Waals surface area contributed by atoms with Gasteiger partial charge >= 0.3 is 0 Å². The highest BCUT2D eigenvalue weighted by atomic mass is 35.5. The number of methoxy groups -OCH3 is 2. The fourth-order valence-electron chi connectivity index (χ4n) is 1.63. The summed E-state index contributed by atoms with van der Waals surface area (Å²) in [6.45, 7) is 0. The topological polar surface area (TPSA) is 53.7 Å². The van der Waals surface area contributed by atoms with E-state index in [1.807, 2.05) is 6.07 Å². The van der Waals surface area contributed by atoms with Crippen LogP contribution in [0, 0.1) is 0 Å². The number of rotatable bonds is 4. The first-order valence-electron chi connectivity index (χ1n) is 5.59. The Morgan fingerprint density at radius 3 is 2.11 bits per heavy atom. The van der Waals surface area contributed by atoms with Crippen molar-refractivity contribution in [2.75, 3.05) is 20.0 Å². The van der Waals surface area contributed by atoms with Gasteiger partial charge in [-0.3, -0.25) is 0 Å². The molecule has 0 aromatic heterocycles. The number of hydrogen-bond donors (Lipinski definition) is 1. The van der Waals surface area contributed by atoms with Crippen molar-refractivity contribution in [3.8, 4) is 23.0 Å². The Balaban J connectivity index is 2.42. The van der Waals surface area contributed by atoms with Crippen LogP contribution < -0.4 is 19.9 Å². The molecule has 0 atom stereocenters. The third-order valence-electron chi connectivity index (χ3n) is 2.55. The standard InChI is InChI=1S/C14H14ClNO3/c1-17-12-4-3-5-13(18-2)14(12)19-11-7-6-9(16)8-10(11)15/h3-8H,16H2,1-2H3. The van der Waals surface area contributed by atoms with Crippen molar-refractivity contribution in [2.24, 2.45) is 0 Å². The zero-order valence-electron chi connectivity index (χ0n) is 10.6. The Morgan fingerprint density at radius 1 is 0.947 bits per heavy atom. The van der Waals surface area contributed by atoms with Crippen molar-refractivity contribution in [1.29, 1.82) is 0 Å². The molecule has 0 aliphatic rings. The summed E-state index contributed by atoms with van der Waals surface area (Å²) in [5, 5.41) is 0.424. The van der Waals surface area contributed by atoms with Gasteiger partial charge in [-0.15, -0.1) is 0 Å². The van der Waals surface area contributed by atoms with Gasteiger partial charge in [0.2, 0.25) is 5.75 Å². The van der Waals surface area contributed by atoms with Crippen LogP contribution in [0.15, 0.2) is 36.4 Å². The quantitative estimate of drug-likeness (QED) is 0.867. The summed E-state index contributed by atoms with van der Waals surface area (Å²) in [5.41, 5.74) is 6.22. The van der Waals surface area contributed by atoms with Gasteiger partial charge < -0.3 is 19.9 Å². The summed E-state index contributed by atoms with van der Waals surface area (Å²) in [7, 11) is 3.12. The Bertz CT molecular complexity index is 565. The van der Waals surface area contributed by atoms with Crippen molar-refractivity contribution in [3.05, 3.63) is 41.4 Å². The van der Waals surface area contributed by atoms with Crippen LogP contribution >= 0.6 is 11.6 Å². The zero-order valence-corrected chi connectivity index (χ0v) is 11.4. The summed E-state index contributed by atoms with van der Waals surface area (Å²) >= 11 is 6.08. The second-order valence-corrected chi connectivity index (χ2v) is 4.19. The SMILES string of the molecule is COc1cccc(OC)c1Oc1ccc(N)cc1Cl. The van der Waals surface area contributed by atoms with E-state index in [4.69, 9.17) is 31.5 Å². The molecule has 0 bridgehead atoms. The van der Waals surface area contributed by atoms with E-state index in [2.05, 4.69) is 0 Å². The van der Waals surface area contributed by atoms with Crippen molar-refractivity contribution >= 4 is 17.3 Å². The molecule has 0 fully saturated rings. The van der Waals surface area contributed by atoms with E-state index in [0.717, 1.165) is 0 Å². The summed E-state index contributed by atoms with van der Waals surface area (Å²) < 4.78 is 16.3. The molecular formula is C14H14ClNO3. The third kappa shape index (κ3) is 2.85. The molecular weight excluding hydrogens is 266 g/mol. The minimum absolute atomic E-state index is 0.424. The van der Waals surface area contributed by atoms with Crippen molar-refractivity contribution in [2.45, 2.75) is 0 Å². The number of ether oxygens (including phenoxy) is 3. The van der Waals surface area contributed by atoms with Crippen LogP contribution in [-0.2, 0) is 0 Å². The molecule has 0 amide bonds. The Hall–Kier alpha value is -2.07. The molecule has 2 aromatic carbocycles. The average molecular weight is 280 g/mol. The lowest BCUT2D eigenvalue weighted by Gasteiger charge is -2.14. The normalized spacial score (nSPS) is 10.1. The van der Waals surface area contributed by atoms with E-state index in [0.29, 0.717) is 33.7 Å². The lowest BCUT2D eigenvalue weighted by atomic mass is 10.2. The first-order chi connectivity index (χ1) is 9.15. The van der Waals surface area contributed by atoms with Gasteiger partial charge in [-0.25, -0.2) is 0 Å². The Kier molecular flexibility index (Phi) is 4.02. The average Bonchev–Trinajstić information content (AvgIpc) is 2.42. The van der Waals surface area contributed by atoms with Gasteiger partial charge in [0.1, 0.15) is 5.75 Å². The van der Waals surface area contributed by atoms with Crippen LogP contribution in [0.2, 0.25) is 5.02 Å². The fraction of sp³-hybridized carbons (Fsp3) is 0.143. The molecule has 4 nitrogen and oxygen atoms in total. The molecule has 0 heterocycles. The van der Waals surface area contributed by atoms with Crippen LogP contribution in [0.4, 0.5) is 5.69 Å². The summed E-state index contributed by atoms with van der Waals surface area (Å²) in [5.74, 6) is 2.08. The van der Waals surface area contributed by atoms with Gasteiger partial charge in [0.25, 0.3) is 0 Å². The van der Waals surface area contributed by atoms with Gasteiger partial charge in [0.05, 0.1) is 19.2 Å². The molecule has 0 radical (unpaired) electrons. The lowest BCUT2D eigenvalue weighted by Crippen LogP contribution is -1.95. The third-order valence-corrected chi connectivity index (χ3v) is 2.85. The van der Waals surface area contributed by atoms with E-state index in [1.54, 1.807) is 44.6 Å². The Morgan fingerprint density at radius 2 is 1.58 bits per heavy atom. The highest BCUT2D eigenvalue weighted by Crippen LogP contribution is 2.41. The molecule has 0 saturated carbocycles. The van der Waals surface area contributed by atoms with E-state index in [9.17, 15) is 0 Å². The van der Waals surface area contributed by atoms with Crippen LogP contribution in [0.25, 0.3) is 0 Å². The predicted octanol–water partition coefficient (Wildman–Crippen LogP) is 3.73. The number of nitrogen functional groups attached to an aromatic ring is 1. The lowest BCUT2D eigenvalue weighted by molar-refractivity contribution is 0.346. The second-order valence-electron chi connectivity index (χ2n) is 3.78. The molecule has 0 saturated heterocycles. The highest BCUT2D eigenvalue weighted by molar-refractivity contribution is 6.32. The monoisotopic (exact) mass is 279 g/mol. The number of benzene rings is 2. The van der Waals surface area contributed by atoms with Crippen molar-refractivity contribution < 1.29 is 14.2 Å². The maximum atomic E-state index is 6.08. The summed E-state index contributed by atoms with van der Waals surface area (Å²) in [6, 6.07) is 10.4. The molecule has 19 heavy (non-hydrogen) atoms. The van der Waals surface area contributed by atoms with E-state index >= 15 is 0 Å². The Labute approximate surface area is 116 Å². The van der Waals surface area contributed by atoms with E-state index < -0.39 is 0 Å². The molecule has 0 aliphatic carbocycles. The zero-order chi connectivity index (χ0) is 13.8. The fourth-order valence-corrected chi connectivity index (χ4v) is 1.86. The van der Waals surface area contributed by atoms with Gasteiger partial charge in [-0.2, -0.15) is 0 Å². The van der Waals surface area contributed by atoms with Crippen LogP contribution in [-0.4, -0.2) is 14.2 Å². The van der Waals surface area contributed by atoms with E-state index in [-0.39, 0.29) is 0 Å². The van der Waals surface area contributed by atoms with Crippen LogP contribution in [0.1, 0.15) is 0 Å².